The molecule has 2 N–H and O–H groups in total. The van der Waals surface area contributed by atoms with E-state index in [0.717, 1.165) is 24.8 Å². The maximum Gasteiger partial charge on any atom is 0.411 e. The summed E-state index contributed by atoms with van der Waals surface area (Å²) in [6, 6.07) is 16.1. The van der Waals surface area contributed by atoms with E-state index in [1.165, 1.54) is 11.0 Å². The van der Waals surface area contributed by atoms with Crippen LogP contribution in [0.25, 0.3) is 0 Å². The molecule has 2 amide bonds. The average Bonchev–Trinajstić information content (AvgIpc) is 3.79. The van der Waals surface area contributed by atoms with E-state index in [-0.39, 0.29) is 30.5 Å². The Balaban J connectivity index is 1.55. The lowest BCUT2D eigenvalue weighted by Gasteiger charge is -2.48. The van der Waals surface area contributed by atoms with Crippen molar-refractivity contribution in [1.82, 2.24) is 14.2 Å². The molecular weight excluding hydrogens is 631 g/mol. The Bertz CT molecular complexity index is 1630. The van der Waals surface area contributed by atoms with Crippen LogP contribution in [0.3, 0.4) is 0 Å². The fraction of sp³-hybridized carbons (Fsp3) is 0.486. The van der Waals surface area contributed by atoms with Crippen molar-refractivity contribution in [2.45, 2.75) is 102 Å². The summed E-state index contributed by atoms with van der Waals surface area (Å²) in [5.41, 5.74) is -1.93. The zero-order valence-corrected chi connectivity index (χ0v) is 29.5. The maximum absolute atomic E-state index is 15.7. The van der Waals surface area contributed by atoms with Crippen LogP contribution >= 0.6 is 0 Å². The predicted molar refractivity (Wildman–Crippen MR) is 185 cm³/mol. The van der Waals surface area contributed by atoms with E-state index in [2.05, 4.69) is 10.3 Å². The highest BCUT2D eigenvalue weighted by atomic mass is 32.2. The van der Waals surface area contributed by atoms with Gasteiger partial charge in [0.2, 0.25) is 5.91 Å². The van der Waals surface area contributed by atoms with Gasteiger partial charge in [-0.3, -0.25) is 14.7 Å². The van der Waals surface area contributed by atoms with Gasteiger partial charge in [-0.1, -0.05) is 49.2 Å². The largest absolute Gasteiger partial charge is 0.444 e. The van der Waals surface area contributed by atoms with Crippen LogP contribution in [0.1, 0.15) is 90.3 Å². The first-order valence-electron chi connectivity index (χ1n) is 16.5. The number of hydrogen-bond acceptors (Lipinski definition) is 6. The number of amides is 2. The number of thiol groups is 1. The lowest BCUT2D eigenvalue weighted by Crippen LogP contribution is -2.54. The summed E-state index contributed by atoms with van der Waals surface area (Å²) in [5, 5.41) is 14.5. The Morgan fingerprint density at radius 2 is 1.71 bits per heavy atom. The van der Waals surface area contributed by atoms with Crippen LogP contribution in [0.4, 0.5) is 14.9 Å². The topological polar surface area (TPSA) is 112 Å². The molecule has 0 bridgehead atoms. The molecule has 3 atom stereocenters. The van der Waals surface area contributed by atoms with E-state index < -0.39 is 46.1 Å². The van der Waals surface area contributed by atoms with Gasteiger partial charge in [0.05, 0.1) is 29.6 Å². The number of aromatic nitrogens is 1. The minimum atomic E-state index is -1.53. The van der Waals surface area contributed by atoms with Crippen LogP contribution in [0.2, 0.25) is 0 Å². The molecule has 3 aromatic rings. The third-order valence-corrected chi connectivity index (χ3v) is 10.2. The van der Waals surface area contributed by atoms with Crippen molar-refractivity contribution in [3.63, 3.8) is 0 Å². The second kappa shape index (κ2) is 13.7. The summed E-state index contributed by atoms with van der Waals surface area (Å²) in [6.45, 7) is 10.9. The quantitative estimate of drug-likeness (QED) is 0.213. The van der Waals surface area contributed by atoms with Crippen LogP contribution in [0.15, 0.2) is 73.1 Å². The highest BCUT2D eigenvalue weighted by Crippen LogP contribution is 2.47. The number of hydrogen-bond donors (Lipinski definition) is 3. The van der Waals surface area contributed by atoms with Gasteiger partial charge in [0.1, 0.15) is 23.1 Å². The Labute approximate surface area is 286 Å². The van der Waals surface area contributed by atoms with Gasteiger partial charge in [0, 0.05) is 24.4 Å². The van der Waals surface area contributed by atoms with Gasteiger partial charge in [0.15, 0.2) is 0 Å². The van der Waals surface area contributed by atoms with E-state index in [0.29, 0.717) is 23.5 Å². The molecule has 1 saturated heterocycles. The normalized spacial score (nSPS) is 21.2. The van der Waals surface area contributed by atoms with Crippen molar-refractivity contribution < 1.29 is 28.0 Å². The van der Waals surface area contributed by atoms with E-state index >= 15 is 4.39 Å². The number of ether oxygens (including phenoxy) is 1. The molecule has 0 radical (unpaired) electrons. The van der Waals surface area contributed by atoms with Crippen molar-refractivity contribution in [1.29, 1.82) is 0 Å². The molecule has 258 valence electrons. The number of rotatable bonds is 10. The van der Waals surface area contributed by atoms with Crippen LogP contribution in [0, 0.1) is 11.7 Å². The second-order valence-corrected chi connectivity index (χ2v) is 15.6. The Morgan fingerprint density at radius 3 is 2.29 bits per heavy atom. The van der Waals surface area contributed by atoms with E-state index in [1.54, 1.807) is 69.6 Å². The number of aliphatic hydroxyl groups is 1. The summed E-state index contributed by atoms with van der Waals surface area (Å²) in [6.07, 6.45) is 6.25. The first-order valence-corrected chi connectivity index (χ1v) is 17.3. The first kappa shape index (κ1) is 35.6. The van der Waals surface area contributed by atoms with Gasteiger partial charge < -0.3 is 15.2 Å². The smallest absolute Gasteiger partial charge is 0.411 e. The Kier molecular flexibility index (Phi) is 10.2. The minimum Gasteiger partial charge on any atom is -0.444 e. The van der Waals surface area contributed by atoms with Crippen LogP contribution in [0.5, 0.6) is 0 Å². The summed E-state index contributed by atoms with van der Waals surface area (Å²) in [4.78, 5) is 32.9. The standard InChI is InChI=1S/C37H47FN4O5S/c1-34(2,3)42(48-46)37(19-16-25-12-13-25,27-17-20-39-21-18-27)28-14-15-29(38)30(22-28)40-32(43)31-23-36(45,26-10-8-7-9-11-26)24-41(31)33(44)47-35(4,5)6/h7-11,14-15,17-18,20-22,25,31,45,48H,12-13,16,19,23-24H2,1-6H3,(H,40,43). The van der Waals surface area contributed by atoms with Crippen molar-refractivity contribution in [3.05, 3.63) is 95.6 Å². The van der Waals surface area contributed by atoms with Crippen LogP contribution in [-0.4, -0.2) is 59.2 Å². The number of carbonyl (C=O) groups is 2. The molecule has 2 fully saturated rings. The molecule has 2 heterocycles. The van der Waals surface area contributed by atoms with Gasteiger partial charge >= 0.3 is 6.09 Å². The van der Waals surface area contributed by atoms with Crippen LogP contribution < -0.4 is 5.32 Å². The molecule has 1 saturated carbocycles. The average molecular weight is 679 g/mol. The van der Waals surface area contributed by atoms with Gasteiger partial charge in [-0.15, -0.1) is 0 Å². The molecule has 3 unspecified atom stereocenters. The number of benzene rings is 2. The fourth-order valence-corrected chi connectivity index (χ4v) is 7.42. The van der Waals surface area contributed by atoms with E-state index in [9.17, 15) is 18.9 Å². The number of pyridine rings is 1. The molecule has 2 aromatic carbocycles. The summed E-state index contributed by atoms with van der Waals surface area (Å²) in [7, 11) is 0. The second-order valence-electron chi connectivity index (χ2n) is 15.1. The monoisotopic (exact) mass is 678 g/mol. The molecule has 9 nitrogen and oxygen atoms in total. The highest BCUT2D eigenvalue weighted by molar-refractivity contribution is 7.63. The van der Waals surface area contributed by atoms with E-state index in [4.69, 9.17) is 4.74 Å². The number of nitrogens with zero attached hydrogens (tertiary/aromatic N) is 3. The lowest BCUT2D eigenvalue weighted by molar-refractivity contribution is -0.120. The summed E-state index contributed by atoms with van der Waals surface area (Å²) in [5.74, 6) is -0.772. The molecule has 1 aliphatic carbocycles. The first-order chi connectivity index (χ1) is 22.6. The number of halogens is 1. The molecule has 0 spiro atoms. The third-order valence-electron chi connectivity index (χ3n) is 9.13. The molecule has 1 aromatic heterocycles. The van der Waals surface area contributed by atoms with Crippen LogP contribution in [-0.2, 0) is 32.5 Å². The molecule has 2 aliphatic rings. The molecule has 1 aliphatic heterocycles. The SMILES string of the molecule is CC(C)(C)OC(=O)N1CC(O)(c2ccccc2)CC1C(=O)Nc1cc(C(CCC2CC2)(c2ccncc2)N([SH]=O)C(C)(C)C)ccc1F. The van der Waals surface area contributed by atoms with Gasteiger partial charge in [0.25, 0.3) is 0 Å². The maximum atomic E-state index is 15.7. The summed E-state index contributed by atoms with van der Waals surface area (Å²) < 4.78 is 36.3. The molecule has 11 heteroatoms. The van der Waals surface area contributed by atoms with E-state index in [1.807, 2.05) is 43.3 Å². The molecular formula is C37H47FN4O5S. The minimum absolute atomic E-state index is 0.0851. The predicted octanol–water partition coefficient (Wildman–Crippen LogP) is 6.45. The third kappa shape index (κ3) is 7.63. The highest BCUT2D eigenvalue weighted by Gasteiger charge is 2.51. The number of likely N-dealkylation sites (tertiary alicyclic amines) is 1. The number of β-amino-alcohol motifs (C(OH)–C–C–N with tert-alkyl or cyclic N) is 1. The van der Waals surface area contributed by atoms with Gasteiger partial charge in [-0.25, -0.2) is 17.7 Å². The Hall–Kier alpha value is -3.67. The zero-order valence-electron chi connectivity index (χ0n) is 28.6. The van der Waals surface area contributed by atoms with Crippen molar-refractivity contribution in [3.8, 4) is 0 Å². The van der Waals surface area contributed by atoms with Crippen molar-refractivity contribution in [2.24, 2.45) is 5.92 Å². The zero-order chi connectivity index (χ0) is 34.9. The molecule has 5 rings (SSSR count). The Morgan fingerprint density at radius 1 is 1.04 bits per heavy atom. The van der Waals surface area contributed by atoms with Crippen molar-refractivity contribution in [2.75, 3.05) is 11.9 Å². The number of carbonyl (C=O) groups excluding carboxylic acids is 2. The summed E-state index contributed by atoms with van der Waals surface area (Å²) >= 11 is -0.212. The molecule has 48 heavy (non-hydrogen) atoms. The van der Waals surface area contributed by atoms with Gasteiger partial charge in [-0.2, -0.15) is 0 Å². The lowest BCUT2D eigenvalue weighted by atomic mass is 9.77. The fourth-order valence-electron chi connectivity index (χ4n) is 6.70. The van der Waals surface area contributed by atoms with Crippen molar-refractivity contribution >= 4 is 29.5 Å². The number of nitrogens with one attached hydrogen (secondary N) is 1. The van der Waals surface area contributed by atoms with Gasteiger partial charge in [-0.05, 0) is 101 Å². The number of anilines is 1.